The second kappa shape index (κ2) is 4.27. The van der Waals surface area contributed by atoms with Crippen molar-refractivity contribution in [1.29, 1.82) is 0 Å². The molecule has 1 fully saturated rings. The molecular formula is C11H12F2N2O2. The predicted octanol–water partition coefficient (Wildman–Crippen LogP) is 3.08. The molecule has 6 heteroatoms. The van der Waals surface area contributed by atoms with Crippen molar-refractivity contribution in [3.63, 3.8) is 0 Å². The summed E-state index contributed by atoms with van der Waals surface area (Å²) in [5, 5.41) is 13.1. The number of halogens is 2. The largest absolute Gasteiger partial charge is 0.378 e. The van der Waals surface area contributed by atoms with Gasteiger partial charge >= 0.3 is 0 Å². The van der Waals surface area contributed by atoms with Gasteiger partial charge in [-0.3, -0.25) is 10.1 Å². The Morgan fingerprint density at radius 3 is 2.29 bits per heavy atom. The fourth-order valence-corrected chi connectivity index (χ4v) is 2.03. The zero-order chi connectivity index (χ0) is 12.6. The van der Waals surface area contributed by atoms with Gasteiger partial charge in [-0.15, -0.1) is 0 Å². The second-order valence-corrected chi connectivity index (χ2v) is 4.46. The molecule has 0 heterocycles. The van der Waals surface area contributed by atoms with Gasteiger partial charge in [-0.05, 0) is 18.8 Å². The maximum Gasteiger partial charge on any atom is 0.275 e. The van der Waals surface area contributed by atoms with Crippen LogP contribution in [0.4, 0.5) is 20.2 Å². The van der Waals surface area contributed by atoms with Crippen molar-refractivity contribution < 1.29 is 13.7 Å². The smallest absolute Gasteiger partial charge is 0.275 e. The number of nitrogens with zero attached hydrogens (tertiary/aromatic N) is 1. The molecule has 92 valence electrons. The number of benzene rings is 1. The Hall–Kier alpha value is -1.72. The van der Waals surface area contributed by atoms with Gasteiger partial charge in [0, 0.05) is 6.04 Å². The SMILES string of the molecule is CC1CC(Nc2c(F)cc([N+](=O)[O-])cc2F)C1. The molecule has 0 amide bonds. The quantitative estimate of drug-likeness (QED) is 0.654. The zero-order valence-electron chi connectivity index (χ0n) is 9.24. The van der Waals surface area contributed by atoms with Crippen molar-refractivity contribution in [2.24, 2.45) is 5.92 Å². The first-order valence-electron chi connectivity index (χ1n) is 5.37. The Morgan fingerprint density at radius 2 is 1.88 bits per heavy atom. The first-order valence-corrected chi connectivity index (χ1v) is 5.37. The summed E-state index contributed by atoms with van der Waals surface area (Å²) < 4.78 is 27.0. The highest BCUT2D eigenvalue weighted by atomic mass is 19.1. The zero-order valence-corrected chi connectivity index (χ0v) is 9.24. The normalized spacial score (nSPS) is 23.0. The Kier molecular flexibility index (Phi) is 2.95. The van der Waals surface area contributed by atoms with E-state index in [0.717, 1.165) is 25.0 Å². The number of hydrogen-bond donors (Lipinski definition) is 1. The predicted molar refractivity (Wildman–Crippen MR) is 58.8 cm³/mol. The third-order valence-corrected chi connectivity index (χ3v) is 2.96. The van der Waals surface area contributed by atoms with Crippen LogP contribution in [0.5, 0.6) is 0 Å². The van der Waals surface area contributed by atoms with Gasteiger partial charge in [0.25, 0.3) is 5.69 Å². The molecule has 1 aliphatic rings. The number of nitro benzene ring substituents is 1. The van der Waals surface area contributed by atoms with Crippen molar-refractivity contribution in [1.82, 2.24) is 0 Å². The molecule has 4 nitrogen and oxygen atoms in total. The molecule has 1 aliphatic carbocycles. The van der Waals surface area contributed by atoms with Gasteiger partial charge in [-0.25, -0.2) is 8.78 Å². The van der Waals surface area contributed by atoms with Crippen molar-refractivity contribution >= 4 is 11.4 Å². The Bertz CT molecular complexity index is 436. The molecule has 0 atom stereocenters. The van der Waals surface area contributed by atoms with Crippen LogP contribution in [0.1, 0.15) is 19.8 Å². The summed E-state index contributed by atoms with van der Waals surface area (Å²) in [5.74, 6) is -1.29. The number of nitrogens with one attached hydrogen (secondary N) is 1. The van der Waals surface area contributed by atoms with E-state index in [1.54, 1.807) is 0 Å². The van der Waals surface area contributed by atoms with E-state index in [4.69, 9.17) is 0 Å². The van der Waals surface area contributed by atoms with Crippen LogP contribution >= 0.6 is 0 Å². The Balaban J connectivity index is 2.20. The number of rotatable bonds is 3. The molecule has 0 aromatic heterocycles. The van der Waals surface area contributed by atoms with Crippen LogP contribution < -0.4 is 5.32 Å². The third kappa shape index (κ3) is 2.35. The van der Waals surface area contributed by atoms with Gasteiger partial charge in [0.1, 0.15) is 5.69 Å². The second-order valence-electron chi connectivity index (χ2n) is 4.46. The van der Waals surface area contributed by atoms with Gasteiger partial charge in [-0.1, -0.05) is 6.92 Å². The van der Waals surface area contributed by atoms with Gasteiger partial charge in [0.05, 0.1) is 17.1 Å². The lowest BCUT2D eigenvalue weighted by molar-refractivity contribution is -0.385. The minimum atomic E-state index is -0.920. The lowest BCUT2D eigenvalue weighted by Gasteiger charge is -2.34. The first kappa shape index (κ1) is 11.8. The van der Waals surface area contributed by atoms with Crippen LogP contribution in [-0.4, -0.2) is 11.0 Å². The summed E-state index contributed by atoms with van der Waals surface area (Å²) in [6, 6.07) is 1.51. The van der Waals surface area contributed by atoms with E-state index < -0.39 is 22.2 Å². The van der Waals surface area contributed by atoms with Crippen molar-refractivity contribution in [2.75, 3.05) is 5.32 Å². The molecule has 17 heavy (non-hydrogen) atoms. The fourth-order valence-electron chi connectivity index (χ4n) is 2.03. The number of nitro groups is 1. The topological polar surface area (TPSA) is 55.2 Å². The molecule has 2 rings (SSSR count). The van der Waals surface area contributed by atoms with Crippen molar-refractivity contribution in [3.8, 4) is 0 Å². The van der Waals surface area contributed by atoms with E-state index in [9.17, 15) is 18.9 Å². The molecule has 0 saturated heterocycles. The lowest BCUT2D eigenvalue weighted by Crippen LogP contribution is -2.34. The average molecular weight is 242 g/mol. The van der Waals surface area contributed by atoms with Gasteiger partial charge in [-0.2, -0.15) is 0 Å². The fraction of sp³-hybridized carbons (Fsp3) is 0.455. The van der Waals surface area contributed by atoms with Crippen LogP contribution in [0.25, 0.3) is 0 Å². The van der Waals surface area contributed by atoms with Crippen LogP contribution in [0.3, 0.4) is 0 Å². The molecule has 0 bridgehead atoms. The van der Waals surface area contributed by atoms with E-state index in [2.05, 4.69) is 12.2 Å². The number of hydrogen-bond acceptors (Lipinski definition) is 3. The molecule has 1 aromatic carbocycles. The highest BCUT2D eigenvalue weighted by Crippen LogP contribution is 2.32. The Labute approximate surface area is 96.8 Å². The maximum absolute atomic E-state index is 13.5. The molecule has 1 saturated carbocycles. The standard InChI is InChI=1S/C11H12F2N2O2/c1-6-2-7(3-6)14-11-9(12)4-8(15(16)17)5-10(11)13/h4-7,14H,2-3H2,1H3. The number of non-ortho nitro benzene ring substituents is 1. The molecule has 0 aliphatic heterocycles. The highest BCUT2D eigenvalue weighted by molar-refractivity contribution is 5.52. The molecule has 1 aromatic rings. The first-order chi connectivity index (χ1) is 7.97. The average Bonchev–Trinajstić information content (AvgIpc) is 2.19. The minimum Gasteiger partial charge on any atom is -0.378 e. The lowest BCUT2D eigenvalue weighted by atomic mass is 9.82. The monoisotopic (exact) mass is 242 g/mol. The summed E-state index contributed by atoms with van der Waals surface area (Å²) in [7, 11) is 0. The summed E-state index contributed by atoms with van der Waals surface area (Å²) in [6.45, 7) is 2.06. The van der Waals surface area contributed by atoms with Crippen LogP contribution in [0.15, 0.2) is 12.1 Å². The van der Waals surface area contributed by atoms with Crippen molar-refractivity contribution in [3.05, 3.63) is 33.9 Å². The van der Waals surface area contributed by atoms with Crippen LogP contribution in [-0.2, 0) is 0 Å². The van der Waals surface area contributed by atoms with E-state index >= 15 is 0 Å². The maximum atomic E-state index is 13.5. The summed E-state index contributed by atoms with van der Waals surface area (Å²) >= 11 is 0. The van der Waals surface area contributed by atoms with Gasteiger partial charge < -0.3 is 5.32 Å². The van der Waals surface area contributed by atoms with Gasteiger partial charge in [0.2, 0.25) is 0 Å². The summed E-state index contributed by atoms with van der Waals surface area (Å²) in [4.78, 5) is 9.58. The molecule has 1 N–H and O–H groups in total. The minimum absolute atomic E-state index is 0.0513. The van der Waals surface area contributed by atoms with Crippen molar-refractivity contribution in [2.45, 2.75) is 25.8 Å². The van der Waals surface area contributed by atoms with E-state index in [1.807, 2.05) is 0 Å². The van der Waals surface area contributed by atoms with E-state index in [-0.39, 0.29) is 11.7 Å². The van der Waals surface area contributed by atoms with Gasteiger partial charge in [0.15, 0.2) is 11.6 Å². The molecular weight excluding hydrogens is 230 g/mol. The summed E-state index contributed by atoms with van der Waals surface area (Å²) in [5.41, 5.74) is -0.847. The highest BCUT2D eigenvalue weighted by Gasteiger charge is 2.27. The van der Waals surface area contributed by atoms with E-state index in [0.29, 0.717) is 5.92 Å². The van der Waals surface area contributed by atoms with Crippen LogP contribution in [0.2, 0.25) is 0 Å². The molecule has 0 radical (unpaired) electrons. The summed E-state index contributed by atoms with van der Waals surface area (Å²) in [6.07, 6.45) is 1.71. The number of anilines is 1. The van der Waals surface area contributed by atoms with E-state index in [1.165, 1.54) is 0 Å². The molecule has 0 unspecified atom stereocenters. The molecule has 0 spiro atoms. The third-order valence-electron chi connectivity index (χ3n) is 2.96. The van der Waals surface area contributed by atoms with Crippen LogP contribution in [0, 0.1) is 27.7 Å². The Morgan fingerprint density at radius 1 is 1.35 bits per heavy atom.